The maximum Gasteiger partial charge on any atom is 0.122 e. The van der Waals surface area contributed by atoms with Gasteiger partial charge in [0, 0.05) is 12.8 Å². The predicted molar refractivity (Wildman–Crippen MR) is 131 cm³/mol. The van der Waals surface area contributed by atoms with Gasteiger partial charge in [0.2, 0.25) is 0 Å². The Balaban J connectivity index is 1.18. The Morgan fingerprint density at radius 1 is 0.667 bits per heavy atom. The van der Waals surface area contributed by atoms with Gasteiger partial charge in [0.15, 0.2) is 0 Å². The fourth-order valence-electron chi connectivity index (χ4n) is 3.89. The molecule has 5 rings (SSSR count). The average molecular weight is 445 g/mol. The van der Waals surface area contributed by atoms with Gasteiger partial charge in [-0.15, -0.1) is 0 Å². The van der Waals surface area contributed by atoms with Gasteiger partial charge in [0.25, 0.3) is 0 Å². The molecule has 0 amide bonds. The Labute approximate surface area is 196 Å². The van der Waals surface area contributed by atoms with Crippen LogP contribution in [0.15, 0.2) is 66.7 Å². The third kappa shape index (κ3) is 5.58. The van der Waals surface area contributed by atoms with Crippen LogP contribution in [-0.4, -0.2) is 37.6 Å². The molecular weight excluding hydrogens is 412 g/mol. The van der Waals surface area contributed by atoms with Crippen molar-refractivity contribution in [2.45, 2.75) is 44.8 Å². The Morgan fingerprint density at radius 3 is 1.64 bits per heavy atom. The molecule has 4 heteroatoms. The van der Waals surface area contributed by atoms with E-state index in [-0.39, 0.29) is 11.2 Å². The van der Waals surface area contributed by atoms with Crippen LogP contribution >= 0.6 is 0 Å². The molecule has 3 aromatic carbocycles. The van der Waals surface area contributed by atoms with Gasteiger partial charge >= 0.3 is 0 Å². The van der Waals surface area contributed by atoms with E-state index >= 15 is 0 Å². The lowest BCUT2D eigenvalue weighted by molar-refractivity contribution is 0.238. The highest BCUT2D eigenvalue weighted by Gasteiger charge is 2.39. The fourth-order valence-corrected chi connectivity index (χ4v) is 3.89. The molecule has 4 nitrogen and oxygen atoms in total. The number of benzene rings is 3. The van der Waals surface area contributed by atoms with Crippen molar-refractivity contribution in [3.05, 3.63) is 72.3 Å². The topological polar surface area (TPSA) is 43.5 Å². The second-order valence-corrected chi connectivity index (χ2v) is 9.76. The van der Waals surface area contributed by atoms with E-state index in [1.54, 1.807) is 0 Å². The third-order valence-electron chi connectivity index (χ3n) is 6.64. The molecule has 2 aliphatic rings. The zero-order valence-corrected chi connectivity index (χ0v) is 19.7. The number of hydrogen-bond acceptors (Lipinski definition) is 4. The molecule has 0 aromatic heterocycles. The van der Waals surface area contributed by atoms with Gasteiger partial charge in [-0.25, -0.2) is 0 Å². The predicted octanol–water partition coefficient (Wildman–Crippen LogP) is 6.44. The molecule has 172 valence electrons. The van der Waals surface area contributed by atoms with Gasteiger partial charge in [0.05, 0.1) is 37.6 Å². The molecule has 33 heavy (non-hydrogen) atoms. The normalized spacial score (nSPS) is 23.2. The van der Waals surface area contributed by atoms with Gasteiger partial charge in [0.1, 0.15) is 11.5 Å². The van der Waals surface area contributed by atoms with E-state index in [0.29, 0.717) is 13.2 Å². The molecule has 2 fully saturated rings. The smallest absolute Gasteiger partial charge is 0.122 e. The average Bonchev–Trinajstić information content (AvgIpc) is 3.74. The first kappa shape index (κ1) is 22.0. The van der Waals surface area contributed by atoms with Crippen LogP contribution in [-0.2, 0) is 9.47 Å². The molecule has 0 aliphatic carbocycles. The van der Waals surface area contributed by atoms with Crippen molar-refractivity contribution in [3.8, 4) is 33.8 Å². The number of ether oxygens (including phenoxy) is 4. The summed E-state index contributed by atoms with van der Waals surface area (Å²) in [5.41, 5.74) is 5.99. The standard InChI is InChI=1S/C29H32O4/c1-21-18-25(10-13-27(21)31-17-15-29(3)20-33-29)24-6-4-22(5-7-24)23-8-11-26(12-9-23)30-16-14-28(2)19-32-28/h4-13,18H,14-17,19-20H2,1-3H3. The first-order chi connectivity index (χ1) is 15.9. The Bertz CT molecular complexity index is 1090. The summed E-state index contributed by atoms with van der Waals surface area (Å²) in [6.45, 7) is 9.41. The lowest BCUT2D eigenvalue weighted by Gasteiger charge is -2.12. The number of rotatable bonds is 10. The molecule has 0 saturated carbocycles. The molecule has 0 N–H and O–H groups in total. The van der Waals surface area contributed by atoms with Crippen molar-refractivity contribution in [1.82, 2.24) is 0 Å². The Kier molecular flexibility index (Phi) is 5.90. The summed E-state index contributed by atoms with van der Waals surface area (Å²) in [6.07, 6.45) is 1.86. The van der Waals surface area contributed by atoms with E-state index in [1.807, 2.05) is 12.1 Å². The fraction of sp³-hybridized carbons (Fsp3) is 0.379. The zero-order chi connectivity index (χ0) is 22.9. The second-order valence-electron chi connectivity index (χ2n) is 9.76. The van der Waals surface area contributed by atoms with E-state index in [9.17, 15) is 0 Å². The lowest BCUT2D eigenvalue weighted by Crippen LogP contribution is -2.11. The molecule has 0 bridgehead atoms. The van der Waals surface area contributed by atoms with Crippen LogP contribution in [0.5, 0.6) is 11.5 Å². The molecule has 0 spiro atoms. The Morgan fingerprint density at radius 2 is 1.12 bits per heavy atom. The van der Waals surface area contributed by atoms with Gasteiger partial charge in [-0.1, -0.05) is 42.5 Å². The molecule has 3 aromatic rings. The Hall–Kier alpha value is -2.82. The first-order valence-corrected chi connectivity index (χ1v) is 11.8. The maximum atomic E-state index is 5.98. The summed E-state index contributed by atoms with van der Waals surface area (Å²) in [5.74, 6) is 1.84. The van der Waals surface area contributed by atoms with Crippen molar-refractivity contribution < 1.29 is 18.9 Å². The van der Waals surface area contributed by atoms with Crippen molar-refractivity contribution in [3.63, 3.8) is 0 Å². The minimum absolute atomic E-state index is 0.0346. The second kappa shape index (κ2) is 8.85. The van der Waals surface area contributed by atoms with Crippen LogP contribution in [0.25, 0.3) is 22.3 Å². The van der Waals surface area contributed by atoms with Crippen molar-refractivity contribution in [2.24, 2.45) is 0 Å². The SMILES string of the molecule is Cc1cc(-c2ccc(-c3ccc(OCCC4(C)CO4)cc3)cc2)ccc1OCCC1(C)CO1. The number of aryl methyl sites for hydroxylation is 1. The van der Waals surface area contributed by atoms with Crippen molar-refractivity contribution >= 4 is 0 Å². The van der Waals surface area contributed by atoms with Gasteiger partial charge in [-0.05, 0) is 72.9 Å². The number of hydrogen-bond donors (Lipinski definition) is 0. The van der Waals surface area contributed by atoms with Crippen LogP contribution in [0.2, 0.25) is 0 Å². The van der Waals surface area contributed by atoms with Gasteiger partial charge in [-0.2, -0.15) is 0 Å². The highest BCUT2D eigenvalue weighted by atomic mass is 16.6. The van der Waals surface area contributed by atoms with Crippen LogP contribution in [0.1, 0.15) is 32.3 Å². The maximum absolute atomic E-state index is 5.98. The van der Waals surface area contributed by atoms with Gasteiger partial charge in [-0.3, -0.25) is 0 Å². The summed E-state index contributed by atoms with van der Waals surface area (Å²) < 4.78 is 22.7. The molecular formula is C29H32O4. The largest absolute Gasteiger partial charge is 0.493 e. The monoisotopic (exact) mass is 444 g/mol. The molecule has 2 heterocycles. The lowest BCUT2D eigenvalue weighted by atomic mass is 9.99. The van der Waals surface area contributed by atoms with Crippen LogP contribution in [0, 0.1) is 6.92 Å². The molecule has 0 radical (unpaired) electrons. The van der Waals surface area contributed by atoms with Crippen molar-refractivity contribution in [2.75, 3.05) is 26.4 Å². The first-order valence-electron chi connectivity index (χ1n) is 11.8. The summed E-state index contributed by atoms with van der Waals surface area (Å²) >= 11 is 0. The van der Waals surface area contributed by atoms with Crippen molar-refractivity contribution in [1.29, 1.82) is 0 Å². The molecule has 2 aliphatic heterocycles. The minimum atomic E-state index is 0.0346. The van der Waals surface area contributed by atoms with Crippen LogP contribution < -0.4 is 9.47 Å². The highest BCUT2D eigenvalue weighted by molar-refractivity contribution is 5.71. The van der Waals surface area contributed by atoms with E-state index in [4.69, 9.17) is 18.9 Å². The van der Waals surface area contributed by atoms with Crippen LogP contribution in [0.3, 0.4) is 0 Å². The summed E-state index contributed by atoms with van der Waals surface area (Å²) in [4.78, 5) is 0. The highest BCUT2D eigenvalue weighted by Crippen LogP contribution is 2.32. The van der Waals surface area contributed by atoms with Gasteiger partial charge < -0.3 is 18.9 Å². The van der Waals surface area contributed by atoms with E-state index in [2.05, 4.69) is 75.4 Å². The summed E-state index contributed by atoms with van der Waals surface area (Å²) in [7, 11) is 0. The number of epoxide rings is 2. The summed E-state index contributed by atoms with van der Waals surface area (Å²) in [6, 6.07) is 23.4. The quantitative estimate of drug-likeness (QED) is 0.337. The third-order valence-corrected chi connectivity index (χ3v) is 6.64. The molecule has 2 atom stereocenters. The molecule has 2 saturated heterocycles. The van der Waals surface area contributed by atoms with E-state index < -0.39 is 0 Å². The van der Waals surface area contributed by atoms with E-state index in [0.717, 1.165) is 43.1 Å². The van der Waals surface area contributed by atoms with E-state index in [1.165, 1.54) is 22.3 Å². The summed E-state index contributed by atoms with van der Waals surface area (Å²) in [5, 5.41) is 0. The zero-order valence-electron chi connectivity index (χ0n) is 19.7. The van der Waals surface area contributed by atoms with Crippen LogP contribution in [0.4, 0.5) is 0 Å². The minimum Gasteiger partial charge on any atom is -0.493 e. The molecule has 2 unspecified atom stereocenters.